The van der Waals surface area contributed by atoms with Crippen LogP contribution in [-0.2, 0) is 19.1 Å². The van der Waals surface area contributed by atoms with Crippen molar-refractivity contribution < 1.29 is 23.9 Å². The van der Waals surface area contributed by atoms with Crippen molar-refractivity contribution in [2.45, 2.75) is 6.92 Å². The molecule has 1 aliphatic rings. The molecule has 0 aliphatic carbocycles. The number of nitrogens with one attached hydrogen (secondary N) is 1. The molecule has 1 aromatic carbocycles. The molecule has 0 atom stereocenters. The minimum atomic E-state index is -0.737. The molecule has 10 heteroatoms. The Morgan fingerprint density at radius 1 is 1.31 bits per heavy atom. The van der Waals surface area contributed by atoms with Gasteiger partial charge >= 0.3 is 12.0 Å². The van der Waals surface area contributed by atoms with E-state index in [1.807, 2.05) is 18.2 Å². The summed E-state index contributed by atoms with van der Waals surface area (Å²) in [5, 5.41) is 4.65. The fourth-order valence-corrected chi connectivity index (χ4v) is 3.44. The number of rotatable bonds is 6. The average Bonchev–Trinajstić information content (AvgIpc) is 3.34. The highest BCUT2D eigenvalue weighted by Gasteiger charge is 2.26. The first-order valence-electron chi connectivity index (χ1n) is 8.70. The van der Waals surface area contributed by atoms with Gasteiger partial charge in [0.15, 0.2) is 11.7 Å². The maximum Gasteiger partial charge on any atom is 0.331 e. The van der Waals surface area contributed by atoms with Crippen LogP contribution in [0.5, 0.6) is 0 Å². The number of thiazole rings is 1. The van der Waals surface area contributed by atoms with E-state index >= 15 is 0 Å². The van der Waals surface area contributed by atoms with Crippen LogP contribution in [0, 0.1) is 0 Å². The Morgan fingerprint density at radius 2 is 2.07 bits per heavy atom. The Morgan fingerprint density at radius 3 is 2.72 bits per heavy atom. The molecule has 4 amide bonds. The quantitative estimate of drug-likeness (QED) is 0.572. The second-order valence-corrected chi connectivity index (χ2v) is 6.80. The Kier molecular flexibility index (Phi) is 6.35. The van der Waals surface area contributed by atoms with Gasteiger partial charge in [-0.05, 0) is 18.2 Å². The third-order valence-corrected chi connectivity index (χ3v) is 4.76. The Labute approximate surface area is 170 Å². The first kappa shape index (κ1) is 20.2. The largest absolute Gasteiger partial charge is 0.452 e. The number of nitrogens with zero attached hydrogens (tertiary/aromatic N) is 3. The molecule has 3 rings (SSSR count). The zero-order valence-electron chi connectivity index (χ0n) is 15.5. The van der Waals surface area contributed by atoms with Crippen molar-refractivity contribution in [2.75, 3.05) is 24.6 Å². The van der Waals surface area contributed by atoms with Crippen LogP contribution in [0.15, 0.2) is 41.8 Å². The van der Waals surface area contributed by atoms with Gasteiger partial charge < -0.3 is 10.1 Å². The van der Waals surface area contributed by atoms with Crippen LogP contribution < -0.4 is 10.2 Å². The lowest BCUT2D eigenvalue weighted by Gasteiger charge is -2.17. The number of urea groups is 1. The number of ether oxygens (including phenoxy) is 1. The third-order valence-electron chi connectivity index (χ3n) is 3.92. The van der Waals surface area contributed by atoms with Gasteiger partial charge in [-0.1, -0.05) is 18.2 Å². The summed E-state index contributed by atoms with van der Waals surface area (Å²) in [7, 11) is 0. The molecule has 9 nitrogen and oxygen atoms in total. The molecule has 1 aromatic heterocycles. The van der Waals surface area contributed by atoms with Crippen molar-refractivity contribution in [1.82, 2.24) is 15.2 Å². The molecule has 0 saturated carbocycles. The number of benzene rings is 1. The molecule has 1 saturated heterocycles. The molecule has 2 heterocycles. The van der Waals surface area contributed by atoms with Crippen LogP contribution in [0.1, 0.15) is 12.6 Å². The lowest BCUT2D eigenvalue weighted by molar-refractivity contribution is -0.146. The average molecular weight is 414 g/mol. The van der Waals surface area contributed by atoms with Gasteiger partial charge in [-0.2, -0.15) is 0 Å². The first-order chi connectivity index (χ1) is 14.0. The molecule has 1 fully saturated rings. The van der Waals surface area contributed by atoms with E-state index in [0.717, 1.165) is 11.0 Å². The van der Waals surface area contributed by atoms with E-state index in [2.05, 4.69) is 10.3 Å². The molecule has 1 aliphatic heterocycles. The smallest absolute Gasteiger partial charge is 0.331 e. The number of esters is 1. The second kappa shape index (κ2) is 9.11. The predicted octanol–water partition coefficient (Wildman–Crippen LogP) is 1.94. The fraction of sp³-hybridized carbons (Fsp3) is 0.211. The molecule has 1 N–H and O–H groups in total. The number of anilines is 2. The predicted molar refractivity (Wildman–Crippen MR) is 106 cm³/mol. The number of amides is 4. The van der Waals surface area contributed by atoms with Gasteiger partial charge in [0.25, 0.3) is 5.91 Å². The zero-order valence-corrected chi connectivity index (χ0v) is 16.3. The normalized spacial score (nSPS) is 13.4. The Balaban J connectivity index is 1.59. The molecule has 2 aromatic rings. The Bertz CT molecular complexity index is 957. The van der Waals surface area contributed by atoms with E-state index in [4.69, 9.17) is 4.74 Å². The summed E-state index contributed by atoms with van der Waals surface area (Å²) in [6.45, 7) is 1.55. The fourth-order valence-electron chi connectivity index (χ4n) is 2.58. The lowest BCUT2D eigenvalue weighted by atomic mass is 10.3. The first-order valence-corrected chi connectivity index (χ1v) is 9.58. The Hall–Kier alpha value is -3.53. The molecule has 150 valence electrons. The van der Waals surface area contributed by atoms with Crippen molar-refractivity contribution in [1.29, 1.82) is 0 Å². The minimum absolute atomic E-state index is 0.190. The van der Waals surface area contributed by atoms with Crippen molar-refractivity contribution in [3.63, 3.8) is 0 Å². The van der Waals surface area contributed by atoms with Crippen LogP contribution in [-0.4, -0.2) is 53.4 Å². The number of carbonyl (C=O) groups is 4. The maximum absolute atomic E-state index is 12.0. The summed E-state index contributed by atoms with van der Waals surface area (Å²) in [4.78, 5) is 53.9. The highest BCUT2D eigenvalue weighted by Crippen LogP contribution is 2.28. The molecular weight excluding hydrogens is 396 g/mol. The monoisotopic (exact) mass is 414 g/mol. The van der Waals surface area contributed by atoms with E-state index in [1.54, 1.807) is 17.5 Å². The highest BCUT2D eigenvalue weighted by atomic mass is 32.1. The molecule has 0 radical (unpaired) electrons. The van der Waals surface area contributed by atoms with Gasteiger partial charge in [0.2, 0.25) is 5.91 Å². The van der Waals surface area contributed by atoms with Crippen molar-refractivity contribution >= 4 is 52.0 Å². The highest BCUT2D eigenvalue weighted by molar-refractivity contribution is 7.14. The second-order valence-electron chi connectivity index (χ2n) is 5.96. The summed E-state index contributed by atoms with van der Waals surface area (Å²) in [5.41, 5.74) is 1.16. The van der Waals surface area contributed by atoms with Crippen molar-refractivity contribution in [2.24, 2.45) is 0 Å². The number of hydrogen-bond acceptors (Lipinski definition) is 7. The van der Waals surface area contributed by atoms with Crippen LogP contribution >= 0.6 is 11.3 Å². The van der Waals surface area contributed by atoms with E-state index in [0.29, 0.717) is 23.1 Å². The maximum atomic E-state index is 12.0. The van der Waals surface area contributed by atoms with Gasteiger partial charge in [0.05, 0.1) is 11.4 Å². The number of imide groups is 1. The standard InChI is InChI=1S/C19H18N4O5S/c1-13(24)23(15-5-3-2-4-6-15)19-21-14(12-29-19)7-8-17(26)28-11-16(25)22-10-9-20-18(22)27/h2-8,12H,9-11H2,1H3,(H,20,27)/b8-7+. The third kappa shape index (κ3) is 5.05. The van der Waals surface area contributed by atoms with E-state index in [-0.39, 0.29) is 12.5 Å². The van der Waals surface area contributed by atoms with Crippen molar-refractivity contribution in [3.05, 3.63) is 47.5 Å². The topological polar surface area (TPSA) is 109 Å². The van der Waals surface area contributed by atoms with E-state index in [1.165, 1.54) is 29.2 Å². The van der Waals surface area contributed by atoms with Gasteiger partial charge in [-0.3, -0.25) is 19.4 Å². The zero-order chi connectivity index (χ0) is 20.8. The number of carbonyl (C=O) groups excluding carboxylic acids is 4. The summed E-state index contributed by atoms with van der Waals surface area (Å²) >= 11 is 1.25. The molecule has 0 spiro atoms. The van der Waals surface area contributed by atoms with Crippen LogP contribution in [0.25, 0.3) is 6.08 Å². The van der Waals surface area contributed by atoms with Gasteiger partial charge in [-0.25, -0.2) is 14.6 Å². The van der Waals surface area contributed by atoms with E-state index in [9.17, 15) is 19.2 Å². The summed E-state index contributed by atoms with van der Waals surface area (Å²) in [6.07, 6.45) is 2.56. The van der Waals surface area contributed by atoms with Gasteiger partial charge in [-0.15, -0.1) is 11.3 Å². The SMILES string of the molecule is CC(=O)N(c1ccccc1)c1nc(/C=C/C(=O)OCC(=O)N2CCNC2=O)cs1. The lowest BCUT2D eigenvalue weighted by Crippen LogP contribution is -2.37. The van der Waals surface area contributed by atoms with Crippen LogP contribution in [0.4, 0.5) is 15.6 Å². The number of para-hydroxylation sites is 1. The van der Waals surface area contributed by atoms with Gasteiger partial charge in [0, 0.05) is 31.5 Å². The summed E-state index contributed by atoms with van der Waals surface area (Å²) < 4.78 is 4.86. The van der Waals surface area contributed by atoms with Crippen molar-refractivity contribution in [3.8, 4) is 0 Å². The van der Waals surface area contributed by atoms with Gasteiger partial charge in [0.1, 0.15) is 0 Å². The number of aromatic nitrogens is 1. The molecule has 0 unspecified atom stereocenters. The summed E-state index contributed by atoms with van der Waals surface area (Å²) in [6, 6.07) is 8.60. The van der Waals surface area contributed by atoms with E-state index < -0.39 is 24.5 Å². The summed E-state index contributed by atoms with van der Waals surface area (Å²) in [5.74, 6) is -1.51. The van der Waals surface area contributed by atoms with Crippen LogP contribution in [0.2, 0.25) is 0 Å². The van der Waals surface area contributed by atoms with Crippen LogP contribution in [0.3, 0.4) is 0 Å². The molecule has 29 heavy (non-hydrogen) atoms. The molecule has 0 bridgehead atoms. The minimum Gasteiger partial charge on any atom is -0.452 e. The number of hydrogen-bond donors (Lipinski definition) is 1. The molecular formula is C19H18N4O5S.